The van der Waals surface area contributed by atoms with Crippen LogP contribution in [0.4, 0.5) is 0 Å². The molecule has 112 valence electrons. The minimum absolute atomic E-state index is 0.0437. The lowest BCUT2D eigenvalue weighted by Gasteiger charge is -2.26. The molecule has 0 bridgehead atoms. The van der Waals surface area contributed by atoms with E-state index >= 15 is 0 Å². The lowest BCUT2D eigenvalue weighted by atomic mass is 10.00. The van der Waals surface area contributed by atoms with Gasteiger partial charge in [0.2, 0.25) is 0 Å². The van der Waals surface area contributed by atoms with Crippen LogP contribution >= 0.6 is 0 Å². The van der Waals surface area contributed by atoms with Gasteiger partial charge in [0.05, 0.1) is 13.0 Å². The molecule has 4 nitrogen and oxygen atoms in total. The topological polar surface area (TPSA) is 60.8 Å². The van der Waals surface area contributed by atoms with Gasteiger partial charge in [0.25, 0.3) is 0 Å². The van der Waals surface area contributed by atoms with Crippen LogP contribution in [0.25, 0.3) is 0 Å². The van der Waals surface area contributed by atoms with Gasteiger partial charge >= 0.3 is 5.97 Å². The molecular weight excluding hydrogens is 254 g/mol. The normalized spacial score (nSPS) is 12.6. The number of hydrogen-bond donors (Lipinski definition) is 2. The highest BCUT2D eigenvalue weighted by Crippen LogP contribution is 2.13. The van der Waals surface area contributed by atoms with E-state index in [1.807, 2.05) is 11.9 Å². The number of rotatable bonds is 9. The number of nitrogens with zero attached hydrogens (tertiary/aromatic N) is 1. The van der Waals surface area contributed by atoms with Gasteiger partial charge in [-0.2, -0.15) is 0 Å². The van der Waals surface area contributed by atoms with Crippen LogP contribution in [0.2, 0.25) is 0 Å². The van der Waals surface area contributed by atoms with Gasteiger partial charge in [-0.1, -0.05) is 37.6 Å². The van der Waals surface area contributed by atoms with E-state index in [9.17, 15) is 4.79 Å². The second-order valence-corrected chi connectivity index (χ2v) is 5.23. The van der Waals surface area contributed by atoms with Gasteiger partial charge in [-0.3, -0.25) is 4.79 Å². The Bertz CT molecular complexity index is 403. The van der Waals surface area contributed by atoms with Crippen molar-refractivity contribution in [3.05, 3.63) is 35.4 Å². The zero-order valence-corrected chi connectivity index (χ0v) is 12.4. The third-order valence-corrected chi connectivity index (χ3v) is 3.52. The van der Waals surface area contributed by atoms with Crippen LogP contribution in [0, 0.1) is 0 Å². The SMILES string of the molecule is CCCc1ccc(CC(CC(=O)O)N(C)CCO)cc1. The van der Waals surface area contributed by atoms with Crippen LogP contribution in [-0.2, 0) is 17.6 Å². The van der Waals surface area contributed by atoms with Gasteiger partial charge in [0.15, 0.2) is 0 Å². The number of aliphatic hydroxyl groups is 1. The number of carboxylic acid groups (broad SMARTS) is 1. The van der Waals surface area contributed by atoms with E-state index in [4.69, 9.17) is 10.2 Å². The average molecular weight is 279 g/mol. The molecule has 1 unspecified atom stereocenters. The molecular formula is C16H25NO3. The molecule has 1 aromatic rings. The lowest BCUT2D eigenvalue weighted by Crippen LogP contribution is -2.37. The minimum Gasteiger partial charge on any atom is -0.481 e. The smallest absolute Gasteiger partial charge is 0.304 e. The molecule has 0 heterocycles. The summed E-state index contributed by atoms with van der Waals surface area (Å²) >= 11 is 0. The third-order valence-electron chi connectivity index (χ3n) is 3.52. The zero-order valence-electron chi connectivity index (χ0n) is 12.4. The first-order valence-electron chi connectivity index (χ1n) is 7.17. The molecule has 1 rings (SSSR count). The minimum atomic E-state index is -0.803. The van der Waals surface area contributed by atoms with Crippen LogP contribution in [0.3, 0.4) is 0 Å². The largest absolute Gasteiger partial charge is 0.481 e. The maximum Gasteiger partial charge on any atom is 0.304 e. The Kier molecular flexibility index (Phi) is 7.26. The molecule has 0 fully saturated rings. The Balaban J connectivity index is 2.70. The quantitative estimate of drug-likeness (QED) is 0.725. The Hall–Kier alpha value is -1.39. The molecule has 1 aromatic carbocycles. The second-order valence-electron chi connectivity index (χ2n) is 5.23. The van der Waals surface area contributed by atoms with Gasteiger partial charge in [0, 0.05) is 12.6 Å². The van der Waals surface area contributed by atoms with Gasteiger partial charge in [-0.15, -0.1) is 0 Å². The summed E-state index contributed by atoms with van der Waals surface area (Å²) in [7, 11) is 1.86. The first-order valence-corrected chi connectivity index (χ1v) is 7.17. The van der Waals surface area contributed by atoms with E-state index in [0.717, 1.165) is 18.4 Å². The first-order chi connectivity index (χ1) is 9.56. The molecule has 0 aliphatic carbocycles. The van der Waals surface area contributed by atoms with Crippen molar-refractivity contribution < 1.29 is 15.0 Å². The molecule has 20 heavy (non-hydrogen) atoms. The maximum absolute atomic E-state index is 11.0. The molecule has 4 heteroatoms. The van der Waals surface area contributed by atoms with Crippen molar-refractivity contribution in [3.8, 4) is 0 Å². The summed E-state index contributed by atoms with van der Waals surface area (Å²) < 4.78 is 0. The number of aliphatic carboxylic acids is 1. The number of benzene rings is 1. The van der Waals surface area contributed by atoms with Crippen molar-refractivity contribution >= 4 is 5.97 Å². The fourth-order valence-corrected chi connectivity index (χ4v) is 2.33. The van der Waals surface area contributed by atoms with Crippen molar-refractivity contribution in [3.63, 3.8) is 0 Å². The van der Waals surface area contributed by atoms with E-state index in [-0.39, 0.29) is 19.1 Å². The monoisotopic (exact) mass is 279 g/mol. The van der Waals surface area contributed by atoms with Crippen molar-refractivity contribution in [2.75, 3.05) is 20.2 Å². The standard InChI is InChI=1S/C16H25NO3/c1-3-4-13-5-7-14(8-6-13)11-15(12-16(19)20)17(2)9-10-18/h5-8,15,18H,3-4,9-12H2,1-2H3,(H,19,20). The Morgan fingerprint density at radius 3 is 2.35 bits per heavy atom. The highest BCUT2D eigenvalue weighted by molar-refractivity contribution is 5.67. The molecule has 0 saturated heterocycles. The lowest BCUT2D eigenvalue weighted by molar-refractivity contribution is -0.138. The number of aliphatic hydroxyl groups excluding tert-OH is 1. The summed E-state index contributed by atoms with van der Waals surface area (Å²) in [5.74, 6) is -0.803. The predicted octanol–water partition coefficient (Wildman–Crippen LogP) is 1.95. The Morgan fingerprint density at radius 2 is 1.85 bits per heavy atom. The molecule has 0 aliphatic rings. The zero-order chi connectivity index (χ0) is 15.0. The number of carboxylic acids is 1. The number of hydrogen-bond acceptors (Lipinski definition) is 3. The summed E-state index contributed by atoms with van der Waals surface area (Å²) in [6, 6.07) is 8.29. The van der Waals surface area contributed by atoms with Gasteiger partial charge in [-0.25, -0.2) is 0 Å². The second kappa shape index (κ2) is 8.72. The fraction of sp³-hybridized carbons (Fsp3) is 0.562. The first kappa shape index (κ1) is 16.7. The van der Waals surface area contributed by atoms with E-state index in [1.54, 1.807) is 0 Å². The third kappa shape index (κ3) is 5.72. The summed E-state index contributed by atoms with van der Waals surface area (Å²) in [6.07, 6.45) is 2.98. The van der Waals surface area contributed by atoms with E-state index in [1.165, 1.54) is 5.56 Å². The van der Waals surface area contributed by atoms with Crippen LogP contribution in [-0.4, -0.2) is 47.3 Å². The van der Waals surface area contributed by atoms with Crippen LogP contribution in [0.5, 0.6) is 0 Å². The van der Waals surface area contributed by atoms with E-state index < -0.39 is 5.97 Å². The summed E-state index contributed by atoms with van der Waals surface area (Å²) in [5.41, 5.74) is 2.45. The molecule has 0 saturated carbocycles. The highest BCUT2D eigenvalue weighted by Gasteiger charge is 2.18. The Morgan fingerprint density at radius 1 is 1.25 bits per heavy atom. The van der Waals surface area contributed by atoms with Crippen molar-refractivity contribution in [2.45, 2.75) is 38.6 Å². The van der Waals surface area contributed by atoms with Crippen LogP contribution in [0.15, 0.2) is 24.3 Å². The Labute approximate surface area is 121 Å². The maximum atomic E-state index is 11.0. The summed E-state index contributed by atoms with van der Waals surface area (Å²) in [6.45, 7) is 2.69. The van der Waals surface area contributed by atoms with Crippen molar-refractivity contribution in [1.82, 2.24) is 4.90 Å². The van der Waals surface area contributed by atoms with Gasteiger partial charge in [0.1, 0.15) is 0 Å². The molecule has 0 spiro atoms. The summed E-state index contributed by atoms with van der Waals surface area (Å²) in [5, 5.41) is 18.0. The van der Waals surface area contributed by atoms with Crippen molar-refractivity contribution in [2.24, 2.45) is 0 Å². The van der Waals surface area contributed by atoms with Crippen LogP contribution < -0.4 is 0 Å². The fourth-order valence-electron chi connectivity index (χ4n) is 2.33. The molecule has 0 aliphatic heterocycles. The molecule has 0 radical (unpaired) electrons. The van der Waals surface area contributed by atoms with E-state index in [2.05, 4.69) is 31.2 Å². The van der Waals surface area contributed by atoms with E-state index in [0.29, 0.717) is 13.0 Å². The molecule has 0 aromatic heterocycles. The average Bonchev–Trinajstić information content (AvgIpc) is 2.40. The summed E-state index contributed by atoms with van der Waals surface area (Å²) in [4.78, 5) is 12.9. The predicted molar refractivity (Wildman–Crippen MR) is 79.9 cm³/mol. The number of carbonyl (C=O) groups is 1. The number of likely N-dealkylation sites (N-methyl/N-ethyl adjacent to an activating group) is 1. The highest BCUT2D eigenvalue weighted by atomic mass is 16.4. The van der Waals surface area contributed by atoms with Crippen LogP contribution in [0.1, 0.15) is 30.9 Å². The van der Waals surface area contributed by atoms with Crippen molar-refractivity contribution in [1.29, 1.82) is 0 Å². The van der Waals surface area contributed by atoms with Gasteiger partial charge in [-0.05, 0) is 31.0 Å². The number of aryl methyl sites for hydroxylation is 1. The molecule has 1 atom stereocenters. The van der Waals surface area contributed by atoms with Gasteiger partial charge < -0.3 is 15.1 Å². The molecule has 0 amide bonds. The molecule has 2 N–H and O–H groups in total.